The number of nitro groups is 1. The van der Waals surface area contributed by atoms with E-state index in [0.717, 1.165) is 11.1 Å². The molecule has 9 heteroatoms. The third-order valence-electron chi connectivity index (χ3n) is 3.42. The van der Waals surface area contributed by atoms with E-state index < -0.39 is 10.8 Å². The molecule has 0 bridgehead atoms. The van der Waals surface area contributed by atoms with Crippen molar-refractivity contribution in [3.63, 3.8) is 0 Å². The summed E-state index contributed by atoms with van der Waals surface area (Å²) in [6, 6.07) is 11.5. The summed E-state index contributed by atoms with van der Waals surface area (Å²) in [6.07, 6.45) is 0. The lowest BCUT2D eigenvalue weighted by molar-refractivity contribution is -0.385. The topological polar surface area (TPSA) is 98.0 Å². The average Bonchev–Trinajstić information content (AvgIpc) is 3.03. The fourth-order valence-electron chi connectivity index (χ4n) is 2.21. The van der Waals surface area contributed by atoms with Crippen LogP contribution in [0, 0.1) is 17.0 Å². The summed E-state index contributed by atoms with van der Waals surface area (Å²) < 4.78 is 0. The number of aryl methyl sites for hydroxylation is 1. The average molecular weight is 375 g/mol. The quantitative estimate of drug-likeness (QED) is 0.541. The van der Waals surface area contributed by atoms with Gasteiger partial charge in [-0.05, 0) is 24.6 Å². The van der Waals surface area contributed by atoms with E-state index in [0.29, 0.717) is 5.01 Å². The Kier molecular flexibility index (Phi) is 4.73. The van der Waals surface area contributed by atoms with Crippen LogP contribution in [0.2, 0.25) is 5.02 Å². The summed E-state index contributed by atoms with van der Waals surface area (Å²) in [5.41, 5.74) is 1.48. The molecule has 1 amide bonds. The molecule has 0 saturated heterocycles. The molecule has 1 aromatic heterocycles. The number of aromatic nitrogens is 2. The molecule has 0 aliphatic heterocycles. The summed E-state index contributed by atoms with van der Waals surface area (Å²) in [5.74, 6) is -0.665. The SMILES string of the molecule is Cc1ccccc1-c1nnc(NC(=O)c2cc(Cl)ccc2[N+](=O)[O-])s1. The first-order chi connectivity index (χ1) is 12.0. The van der Waals surface area contributed by atoms with Crippen molar-refractivity contribution in [1.82, 2.24) is 10.2 Å². The van der Waals surface area contributed by atoms with Gasteiger partial charge in [0, 0.05) is 16.7 Å². The Hall–Kier alpha value is -2.84. The number of carbonyl (C=O) groups excluding carboxylic acids is 1. The minimum atomic E-state index is -0.665. The predicted molar refractivity (Wildman–Crippen MR) is 96.1 cm³/mol. The number of hydrogen-bond acceptors (Lipinski definition) is 6. The van der Waals surface area contributed by atoms with Crippen molar-refractivity contribution in [2.45, 2.75) is 6.92 Å². The Balaban J connectivity index is 1.87. The smallest absolute Gasteiger partial charge is 0.282 e. The molecule has 0 aliphatic carbocycles. The standard InChI is InChI=1S/C16H11ClN4O3S/c1-9-4-2-3-5-11(9)15-19-20-16(25-15)18-14(22)12-8-10(17)6-7-13(12)21(23)24/h2-8H,1H3,(H,18,20,22). The third kappa shape index (κ3) is 3.65. The maximum atomic E-state index is 12.4. The molecule has 7 nitrogen and oxygen atoms in total. The number of hydrogen-bond donors (Lipinski definition) is 1. The molecule has 0 saturated carbocycles. The molecule has 25 heavy (non-hydrogen) atoms. The van der Waals surface area contributed by atoms with Crippen LogP contribution in [0.15, 0.2) is 42.5 Å². The number of rotatable bonds is 4. The minimum Gasteiger partial charge on any atom is -0.296 e. The van der Waals surface area contributed by atoms with E-state index in [9.17, 15) is 14.9 Å². The summed E-state index contributed by atoms with van der Waals surface area (Å²) in [7, 11) is 0. The lowest BCUT2D eigenvalue weighted by Gasteiger charge is -2.03. The van der Waals surface area contributed by atoms with Crippen LogP contribution in [-0.4, -0.2) is 21.0 Å². The Labute approximate surface area is 151 Å². The van der Waals surface area contributed by atoms with E-state index in [1.807, 2.05) is 31.2 Å². The van der Waals surface area contributed by atoms with Gasteiger partial charge in [-0.25, -0.2) is 0 Å². The molecule has 0 spiro atoms. The van der Waals surface area contributed by atoms with Crippen LogP contribution in [-0.2, 0) is 0 Å². The fraction of sp³-hybridized carbons (Fsp3) is 0.0625. The van der Waals surface area contributed by atoms with Gasteiger partial charge in [0.05, 0.1) is 4.92 Å². The van der Waals surface area contributed by atoms with Gasteiger partial charge in [-0.2, -0.15) is 0 Å². The maximum absolute atomic E-state index is 12.4. The van der Waals surface area contributed by atoms with E-state index in [-0.39, 0.29) is 21.4 Å². The number of nitrogens with zero attached hydrogens (tertiary/aromatic N) is 3. The highest BCUT2D eigenvalue weighted by atomic mass is 35.5. The Morgan fingerprint density at radius 1 is 1.24 bits per heavy atom. The Morgan fingerprint density at radius 2 is 2.00 bits per heavy atom. The van der Waals surface area contributed by atoms with Gasteiger partial charge in [-0.3, -0.25) is 20.2 Å². The molecule has 1 heterocycles. The summed E-state index contributed by atoms with van der Waals surface area (Å²) in [6.45, 7) is 1.95. The molecule has 3 aromatic rings. The lowest BCUT2D eigenvalue weighted by Crippen LogP contribution is -2.13. The van der Waals surface area contributed by atoms with E-state index >= 15 is 0 Å². The van der Waals surface area contributed by atoms with Crippen LogP contribution >= 0.6 is 22.9 Å². The summed E-state index contributed by atoms with van der Waals surface area (Å²) in [5, 5.41) is 22.7. The van der Waals surface area contributed by atoms with Gasteiger partial charge in [0.1, 0.15) is 10.6 Å². The van der Waals surface area contributed by atoms with Gasteiger partial charge in [-0.1, -0.05) is 47.2 Å². The van der Waals surface area contributed by atoms with Crippen LogP contribution in [0.5, 0.6) is 0 Å². The highest BCUT2D eigenvalue weighted by Crippen LogP contribution is 2.30. The number of amides is 1. The monoisotopic (exact) mass is 374 g/mol. The molecule has 0 unspecified atom stereocenters. The van der Waals surface area contributed by atoms with Gasteiger partial charge >= 0.3 is 0 Å². The zero-order valence-corrected chi connectivity index (χ0v) is 14.5. The highest BCUT2D eigenvalue weighted by Gasteiger charge is 2.22. The van der Waals surface area contributed by atoms with E-state index in [1.54, 1.807) is 0 Å². The fourth-order valence-corrected chi connectivity index (χ4v) is 3.21. The van der Waals surface area contributed by atoms with Crippen LogP contribution in [0.25, 0.3) is 10.6 Å². The first kappa shape index (κ1) is 17.0. The van der Waals surface area contributed by atoms with Gasteiger partial charge in [-0.15, -0.1) is 10.2 Å². The molecular formula is C16H11ClN4O3S. The van der Waals surface area contributed by atoms with Crippen molar-refractivity contribution in [3.05, 3.63) is 68.7 Å². The molecule has 2 aromatic carbocycles. The second-order valence-corrected chi connectivity index (χ2v) is 6.51. The van der Waals surface area contributed by atoms with Gasteiger partial charge < -0.3 is 0 Å². The normalized spacial score (nSPS) is 10.5. The number of benzene rings is 2. The highest BCUT2D eigenvalue weighted by molar-refractivity contribution is 7.18. The first-order valence-corrected chi connectivity index (χ1v) is 8.30. The van der Waals surface area contributed by atoms with Crippen molar-refractivity contribution >= 4 is 39.7 Å². The van der Waals surface area contributed by atoms with Crippen LogP contribution < -0.4 is 5.32 Å². The van der Waals surface area contributed by atoms with E-state index in [1.165, 1.54) is 29.5 Å². The summed E-state index contributed by atoms with van der Waals surface area (Å²) >= 11 is 7.03. The molecule has 0 atom stereocenters. The van der Waals surface area contributed by atoms with Gasteiger partial charge in [0.2, 0.25) is 5.13 Å². The van der Waals surface area contributed by atoms with Crippen LogP contribution in [0.4, 0.5) is 10.8 Å². The molecule has 126 valence electrons. The van der Waals surface area contributed by atoms with Crippen molar-refractivity contribution in [3.8, 4) is 10.6 Å². The number of anilines is 1. The number of carbonyl (C=O) groups is 1. The number of halogens is 1. The Bertz CT molecular complexity index is 974. The van der Waals surface area contributed by atoms with Crippen molar-refractivity contribution < 1.29 is 9.72 Å². The molecule has 0 aliphatic rings. The van der Waals surface area contributed by atoms with Crippen molar-refractivity contribution in [1.29, 1.82) is 0 Å². The third-order valence-corrected chi connectivity index (χ3v) is 4.53. The molecule has 0 fully saturated rings. The summed E-state index contributed by atoms with van der Waals surface area (Å²) in [4.78, 5) is 22.8. The van der Waals surface area contributed by atoms with E-state index in [4.69, 9.17) is 11.6 Å². The van der Waals surface area contributed by atoms with Gasteiger partial charge in [0.25, 0.3) is 11.6 Å². The predicted octanol–water partition coefficient (Wildman–Crippen LogP) is 4.33. The Morgan fingerprint density at radius 3 is 2.72 bits per heavy atom. The molecule has 1 N–H and O–H groups in total. The molecular weight excluding hydrogens is 364 g/mol. The second kappa shape index (κ2) is 6.96. The van der Waals surface area contributed by atoms with Crippen molar-refractivity contribution in [2.75, 3.05) is 5.32 Å². The lowest BCUT2D eigenvalue weighted by atomic mass is 10.1. The first-order valence-electron chi connectivity index (χ1n) is 7.10. The number of nitrogens with one attached hydrogen (secondary N) is 1. The zero-order chi connectivity index (χ0) is 18.0. The van der Waals surface area contributed by atoms with Gasteiger partial charge in [0.15, 0.2) is 0 Å². The van der Waals surface area contributed by atoms with Crippen LogP contribution in [0.1, 0.15) is 15.9 Å². The second-order valence-electron chi connectivity index (χ2n) is 5.10. The maximum Gasteiger partial charge on any atom is 0.282 e. The molecule has 0 radical (unpaired) electrons. The number of nitro benzene ring substituents is 1. The van der Waals surface area contributed by atoms with E-state index in [2.05, 4.69) is 15.5 Å². The van der Waals surface area contributed by atoms with Crippen molar-refractivity contribution in [2.24, 2.45) is 0 Å². The minimum absolute atomic E-state index is 0.134. The van der Waals surface area contributed by atoms with Crippen LogP contribution in [0.3, 0.4) is 0 Å². The molecule has 3 rings (SSSR count). The largest absolute Gasteiger partial charge is 0.296 e. The zero-order valence-electron chi connectivity index (χ0n) is 12.9.